The number of aromatic nitrogens is 4. The number of nitrogens with one attached hydrogen (secondary N) is 2. The summed E-state index contributed by atoms with van der Waals surface area (Å²) < 4.78 is 39.2. The van der Waals surface area contributed by atoms with Crippen LogP contribution in [0.1, 0.15) is 37.8 Å². The quantitative estimate of drug-likeness (QED) is 0.538. The number of nitrogens with two attached hydrogens (primary N) is 1. The lowest BCUT2D eigenvalue weighted by molar-refractivity contribution is -0.131. The molecule has 2 aliphatic rings. The zero-order valence-electron chi connectivity index (χ0n) is 16.7. The molecule has 3 aromatic rings. The van der Waals surface area contributed by atoms with Gasteiger partial charge < -0.3 is 9.88 Å². The van der Waals surface area contributed by atoms with E-state index in [9.17, 15) is 17.6 Å². The van der Waals surface area contributed by atoms with E-state index in [1.807, 2.05) is 0 Å². The van der Waals surface area contributed by atoms with Crippen LogP contribution in [0.15, 0.2) is 40.6 Å². The van der Waals surface area contributed by atoms with Crippen molar-refractivity contribution in [1.29, 1.82) is 0 Å². The minimum atomic E-state index is -3.86. The van der Waals surface area contributed by atoms with E-state index in [1.54, 1.807) is 10.6 Å². The van der Waals surface area contributed by atoms with Crippen molar-refractivity contribution >= 4 is 44.7 Å². The standard InChI is InChI=1S/C19H19FN8O3S/c20-15-13-8-11-9-23-18(24-14-5-4-12(10-22-14)32(21,30)31)25-16(11)28(13)19(17(29)27-26-15)6-2-1-3-7-19/h4-5,8-10H,1-3,6-7H2,(H,27,29)(H2,21,30,31)(H,22,23,24,25). The molecule has 3 aromatic heterocycles. The first-order valence-corrected chi connectivity index (χ1v) is 11.5. The molecule has 0 saturated heterocycles. The van der Waals surface area contributed by atoms with Gasteiger partial charge in [0.25, 0.3) is 11.9 Å². The summed E-state index contributed by atoms with van der Waals surface area (Å²) in [6, 6.07) is 4.31. The number of fused-ring (bicyclic) bond motifs is 4. The molecule has 0 aromatic carbocycles. The van der Waals surface area contributed by atoms with Crippen molar-refractivity contribution < 1.29 is 17.6 Å². The number of hydrazone groups is 1. The van der Waals surface area contributed by atoms with E-state index in [4.69, 9.17) is 5.14 Å². The summed E-state index contributed by atoms with van der Waals surface area (Å²) in [4.78, 5) is 25.7. The first-order chi connectivity index (χ1) is 15.3. The molecule has 1 fully saturated rings. The SMILES string of the molecule is NS(=O)(=O)c1ccc(Nc2ncc3cc4n(c3n2)C2(CCCCC2)C(=O)NN=C4F)nc1. The Balaban J connectivity index is 1.60. The Morgan fingerprint density at radius 3 is 2.62 bits per heavy atom. The fourth-order valence-corrected chi connectivity index (χ4v) is 4.78. The Labute approximate surface area is 182 Å². The van der Waals surface area contributed by atoms with Crippen LogP contribution in [0.2, 0.25) is 0 Å². The van der Waals surface area contributed by atoms with Crippen LogP contribution in [-0.2, 0) is 20.4 Å². The van der Waals surface area contributed by atoms with Gasteiger partial charge in [-0.15, -0.1) is 5.10 Å². The molecule has 0 radical (unpaired) electrons. The number of primary sulfonamides is 1. The number of hydrogen-bond donors (Lipinski definition) is 3. The van der Waals surface area contributed by atoms with Crippen molar-refractivity contribution in [2.45, 2.75) is 42.5 Å². The summed E-state index contributed by atoms with van der Waals surface area (Å²) in [5.41, 5.74) is 1.92. The van der Waals surface area contributed by atoms with E-state index in [1.165, 1.54) is 18.3 Å². The van der Waals surface area contributed by atoms with Crippen LogP contribution in [0, 0.1) is 0 Å². The molecule has 4 N–H and O–H groups in total. The summed E-state index contributed by atoms with van der Waals surface area (Å²) in [6.45, 7) is 0. The summed E-state index contributed by atoms with van der Waals surface area (Å²) in [5.74, 6) is -0.718. The Bertz CT molecular complexity index is 1360. The van der Waals surface area contributed by atoms with Crippen LogP contribution in [0.3, 0.4) is 0 Å². The third-order valence-electron chi connectivity index (χ3n) is 5.84. The van der Waals surface area contributed by atoms with Crippen molar-refractivity contribution in [2.24, 2.45) is 10.2 Å². The van der Waals surface area contributed by atoms with Gasteiger partial charge in [-0.1, -0.05) is 19.3 Å². The maximum absolute atomic E-state index is 14.7. The predicted octanol–water partition coefficient (Wildman–Crippen LogP) is 1.64. The molecule has 1 spiro atoms. The molecule has 1 aliphatic heterocycles. The Hall–Kier alpha value is -3.45. The van der Waals surface area contributed by atoms with Crippen LogP contribution in [0.4, 0.5) is 16.2 Å². The molecule has 4 heterocycles. The zero-order valence-corrected chi connectivity index (χ0v) is 17.6. The fraction of sp³-hybridized carbons (Fsp3) is 0.316. The van der Waals surface area contributed by atoms with Crippen LogP contribution < -0.4 is 15.9 Å². The van der Waals surface area contributed by atoms with Gasteiger partial charge in [0, 0.05) is 17.8 Å². The van der Waals surface area contributed by atoms with Gasteiger partial charge in [-0.05, 0) is 31.0 Å². The highest BCUT2D eigenvalue weighted by molar-refractivity contribution is 7.89. The molecule has 32 heavy (non-hydrogen) atoms. The highest BCUT2D eigenvalue weighted by atomic mass is 32.2. The third kappa shape index (κ3) is 3.29. The van der Waals surface area contributed by atoms with Crippen molar-refractivity contribution in [3.63, 3.8) is 0 Å². The van der Waals surface area contributed by atoms with E-state index in [0.29, 0.717) is 23.9 Å². The van der Waals surface area contributed by atoms with Gasteiger partial charge in [0.15, 0.2) is 0 Å². The molecule has 0 unspecified atom stereocenters. The number of carbonyl (C=O) groups is 1. The van der Waals surface area contributed by atoms with E-state index in [-0.39, 0.29) is 28.3 Å². The van der Waals surface area contributed by atoms with Crippen LogP contribution >= 0.6 is 0 Å². The molecule has 11 nitrogen and oxygen atoms in total. The molecule has 166 valence electrons. The molecule has 1 aliphatic carbocycles. The number of rotatable bonds is 3. The smallest absolute Gasteiger partial charge is 0.266 e. The van der Waals surface area contributed by atoms with Gasteiger partial charge in [-0.3, -0.25) is 4.79 Å². The van der Waals surface area contributed by atoms with Crippen molar-refractivity contribution in [1.82, 2.24) is 24.9 Å². The van der Waals surface area contributed by atoms with Crippen LogP contribution in [0.5, 0.6) is 0 Å². The second-order valence-electron chi connectivity index (χ2n) is 7.82. The second kappa shape index (κ2) is 7.31. The average Bonchev–Trinajstić information content (AvgIpc) is 3.13. The molecule has 0 bridgehead atoms. The van der Waals surface area contributed by atoms with Crippen LogP contribution in [-0.4, -0.2) is 39.8 Å². The summed E-state index contributed by atoms with van der Waals surface area (Å²) in [7, 11) is -3.86. The third-order valence-corrected chi connectivity index (χ3v) is 6.74. The van der Waals surface area contributed by atoms with Gasteiger partial charge in [-0.2, -0.15) is 9.37 Å². The zero-order chi connectivity index (χ0) is 22.5. The van der Waals surface area contributed by atoms with E-state index in [0.717, 1.165) is 25.5 Å². The fourth-order valence-electron chi connectivity index (χ4n) is 4.32. The lowest BCUT2D eigenvalue weighted by Gasteiger charge is -2.36. The van der Waals surface area contributed by atoms with Gasteiger partial charge in [0.1, 0.15) is 27.6 Å². The highest BCUT2D eigenvalue weighted by Gasteiger charge is 2.45. The molecular formula is C19H19FN8O3S. The Kier molecular flexibility index (Phi) is 4.67. The minimum Gasteiger partial charge on any atom is -0.309 e. The summed E-state index contributed by atoms with van der Waals surface area (Å²) >= 11 is 0. The monoisotopic (exact) mass is 458 g/mol. The number of amides is 1. The van der Waals surface area contributed by atoms with Crippen molar-refractivity contribution in [2.75, 3.05) is 5.32 Å². The Morgan fingerprint density at radius 2 is 1.94 bits per heavy atom. The largest absolute Gasteiger partial charge is 0.309 e. The lowest BCUT2D eigenvalue weighted by Crippen LogP contribution is -2.48. The second-order valence-corrected chi connectivity index (χ2v) is 9.38. The number of hydrogen-bond acceptors (Lipinski definition) is 8. The van der Waals surface area contributed by atoms with Gasteiger partial charge >= 0.3 is 0 Å². The average molecular weight is 458 g/mol. The maximum Gasteiger partial charge on any atom is 0.266 e. The highest BCUT2D eigenvalue weighted by Crippen LogP contribution is 2.40. The lowest BCUT2D eigenvalue weighted by atomic mass is 9.80. The topological polar surface area (TPSA) is 157 Å². The number of anilines is 2. The molecule has 1 amide bonds. The number of pyridine rings is 1. The number of carbonyl (C=O) groups excluding carboxylic acids is 1. The minimum absolute atomic E-state index is 0.128. The summed E-state index contributed by atoms with van der Waals surface area (Å²) in [5, 5.41) is 12.2. The predicted molar refractivity (Wildman–Crippen MR) is 113 cm³/mol. The molecule has 13 heteroatoms. The van der Waals surface area contributed by atoms with E-state index in [2.05, 4.69) is 30.8 Å². The molecule has 5 rings (SSSR count). The first kappa shape index (κ1) is 20.5. The van der Waals surface area contributed by atoms with Crippen LogP contribution in [0.25, 0.3) is 11.0 Å². The van der Waals surface area contributed by atoms with Crippen molar-refractivity contribution in [3.05, 3.63) is 36.3 Å². The first-order valence-electron chi connectivity index (χ1n) is 9.97. The van der Waals surface area contributed by atoms with Gasteiger partial charge in [0.05, 0.1) is 0 Å². The molecule has 0 atom stereocenters. The van der Waals surface area contributed by atoms with E-state index >= 15 is 0 Å². The van der Waals surface area contributed by atoms with Crippen molar-refractivity contribution in [3.8, 4) is 0 Å². The number of nitrogens with zero attached hydrogens (tertiary/aromatic N) is 5. The van der Waals surface area contributed by atoms with Gasteiger partial charge in [0.2, 0.25) is 16.0 Å². The maximum atomic E-state index is 14.7. The molecule has 1 saturated carbocycles. The van der Waals surface area contributed by atoms with Gasteiger partial charge in [-0.25, -0.2) is 29.0 Å². The number of halogens is 1. The number of sulfonamides is 1. The normalized spacial score (nSPS) is 18.1. The molecular weight excluding hydrogens is 439 g/mol. The van der Waals surface area contributed by atoms with E-state index < -0.39 is 21.5 Å². The summed E-state index contributed by atoms with van der Waals surface area (Å²) in [6.07, 6.45) is 6.37. The Morgan fingerprint density at radius 1 is 1.16 bits per heavy atom.